The molecule has 0 aliphatic carbocycles. The highest BCUT2D eigenvalue weighted by Gasteiger charge is 2.17. The fraction of sp³-hybridized carbons (Fsp3) is 0.200. The quantitative estimate of drug-likeness (QED) is 0.515. The van der Waals surface area contributed by atoms with Crippen LogP contribution >= 0.6 is 12.4 Å². The van der Waals surface area contributed by atoms with Crippen molar-refractivity contribution in [3.05, 3.63) is 59.4 Å². The van der Waals surface area contributed by atoms with Crippen molar-refractivity contribution in [3.8, 4) is 0 Å². The van der Waals surface area contributed by atoms with Crippen molar-refractivity contribution in [1.29, 1.82) is 0 Å². The molecular weight excluding hydrogens is 366 g/mol. The van der Waals surface area contributed by atoms with Crippen molar-refractivity contribution in [2.75, 3.05) is 11.9 Å². The summed E-state index contributed by atoms with van der Waals surface area (Å²) >= 11 is 0. The minimum Gasteiger partial charge on any atom is -0.462 e. The van der Waals surface area contributed by atoms with Gasteiger partial charge in [0.25, 0.3) is 0 Å². The molecule has 0 bridgehead atoms. The van der Waals surface area contributed by atoms with Gasteiger partial charge in [-0.1, -0.05) is 0 Å². The third kappa shape index (κ3) is 4.41. The zero-order valence-electron chi connectivity index (χ0n) is 15.3. The molecule has 0 atom stereocenters. The fourth-order valence-electron chi connectivity index (χ4n) is 2.60. The van der Waals surface area contributed by atoms with E-state index in [9.17, 15) is 9.59 Å². The number of nitrogens with one attached hydrogen (secondary N) is 1. The van der Waals surface area contributed by atoms with Gasteiger partial charge in [-0.15, -0.1) is 12.4 Å². The Kier molecular flexibility index (Phi) is 6.47. The minimum absolute atomic E-state index is 0. The summed E-state index contributed by atoms with van der Waals surface area (Å²) in [5.74, 6) is -0.455. The Balaban J connectivity index is 0.00000261. The third-order valence-corrected chi connectivity index (χ3v) is 3.93. The summed E-state index contributed by atoms with van der Waals surface area (Å²) in [4.78, 5) is 32.5. The van der Waals surface area contributed by atoms with Crippen LogP contribution in [0.3, 0.4) is 0 Å². The van der Waals surface area contributed by atoms with Crippen molar-refractivity contribution >= 4 is 46.6 Å². The molecule has 6 nitrogen and oxygen atoms in total. The van der Waals surface area contributed by atoms with Gasteiger partial charge in [0.1, 0.15) is 5.56 Å². The van der Waals surface area contributed by atoms with Crippen LogP contribution in [0.1, 0.15) is 40.3 Å². The van der Waals surface area contributed by atoms with Gasteiger partial charge < -0.3 is 10.1 Å². The number of anilines is 2. The highest BCUT2D eigenvalue weighted by Crippen LogP contribution is 2.29. The van der Waals surface area contributed by atoms with Crippen molar-refractivity contribution in [1.82, 2.24) is 9.97 Å². The largest absolute Gasteiger partial charge is 0.462 e. The van der Waals surface area contributed by atoms with Gasteiger partial charge in [-0.05, 0) is 57.2 Å². The predicted molar refractivity (Wildman–Crippen MR) is 107 cm³/mol. The lowest BCUT2D eigenvalue weighted by molar-refractivity contribution is 0.0527. The molecule has 3 rings (SSSR count). The lowest BCUT2D eigenvalue weighted by Gasteiger charge is -2.14. The summed E-state index contributed by atoms with van der Waals surface area (Å²) in [6, 6.07) is 10.8. The zero-order valence-corrected chi connectivity index (χ0v) is 16.1. The van der Waals surface area contributed by atoms with E-state index in [-0.39, 0.29) is 24.8 Å². The normalized spacial score (nSPS) is 10.2. The van der Waals surface area contributed by atoms with Gasteiger partial charge in [-0.3, -0.25) is 4.79 Å². The number of halogens is 1. The maximum Gasteiger partial charge on any atom is 0.341 e. The van der Waals surface area contributed by atoms with Crippen molar-refractivity contribution in [2.45, 2.75) is 20.8 Å². The second-order valence-electron chi connectivity index (χ2n) is 5.85. The van der Waals surface area contributed by atoms with Gasteiger partial charge in [-0.2, -0.15) is 0 Å². The van der Waals surface area contributed by atoms with E-state index >= 15 is 0 Å². The highest BCUT2D eigenvalue weighted by atomic mass is 35.5. The highest BCUT2D eigenvalue weighted by molar-refractivity contribution is 6.05. The van der Waals surface area contributed by atoms with Gasteiger partial charge in [0, 0.05) is 28.5 Å². The number of pyridine rings is 2. The molecule has 1 N–H and O–H groups in total. The summed E-state index contributed by atoms with van der Waals surface area (Å²) in [7, 11) is 0. The number of ketones is 1. The topological polar surface area (TPSA) is 81.2 Å². The second kappa shape index (κ2) is 8.60. The number of ether oxygens (including phenoxy) is 1. The Morgan fingerprint density at radius 2 is 1.81 bits per heavy atom. The molecule has 1 aromatic carbocycles. The summed E-state index contributed by atoms with van der Waals surface area (Å²) in [6.07, 6.45) is 1.47. The monoisotopic (exact) mass is 385 g/mol. The molecule has 140 valence electrons. The number of Topliss-reactive ketones (excluding diaryl/α,β-unsaturated/α-hetero) is 1. The van der Waals surface area contributed by atoms with E-state index in [1.807, 2.05) is 19.1 Å². The minimum atomic E-state index is -0.453. The molecule has 0 unspecified atom stereocenters. The molecule has 27 heavy (non-hydrogen) atoms. The molecule has 2 heterocycles. The number of hydrogen-bond donors (Lipinski definition) is 1. The average molecular weight is 386 g/mol. The molecule has 7 heteroatoms. The lowest BCUT2D eigenvalue weighted by atomic mass is 10.1. The Labute approximate surface area is 163 Å². The van der Waals surface area contributed by atoms with Gasteiger partial charge in [0.15, 0.2) is 11.4 Å². The number of rotatable bonds is 5. The number of carbonyl (C=O) groups excluding carboxylic acids is 2. The Morgan fingerprint density at radius 3 is 2.44 bits per heavy atom. The number of aryl methyl sites for hydroxylation is 1. The first-order valence-electron chi connectivity index (χ1n) is 8.31. The molecule has 0 spiro atoms. The maximum absolute atomic E-state index is 12.3. The third-order valence-electron chi connectivity index (χ3n) is 3.93. The summed E-state index contributed by atoms with van der Waals surface area (Å²) in [6.45, 7) is 5.43. The van der Waals surface area contributed by atoms with Crippen molar-refractivity contribution in [3.63, 3.8) is 0 Å². The molecule has 0 aliphatic heterocycles. The van der Waals surface area contributed by atoms with Gasteiger partial charge in [-0.25, -0.2) is 14.8 Å². The molecule has 2 aromatic heterocycles. The molecule has 0 aliphatic rings. The Morgan fingerprint density at radius 1 is 1.11 bits per heavy atom. The van der Waals surface area contributed by atoms with E-state index in [0.29, 0.717) is 22.5 Å². The molecule has 0 amide bonds. The number of hydrogen-bond acceptors (Lipinski definition) is 6. The van der Waals surface area contributed by atoms with Gasteiger partial charge in [0.05, 0.1) is 12.3 Å². The molecular formula is C20H20ClN3O3. The van der Waals surface area contributed by atoms with Crippen LogP contribution in [0.5, 0.6) is 0 Å². The number of nitrogens with zero attached hydrogens (tertiary/aromatic N) is 2. The zero-order chi connectivity index (χ0) is 18.7. The molecule has 0 radical (unpaired) electrons. The van der Waals surface area contributed by atoms with Crippen LogP contribution in [0.15, 0.2) is 42.6 Å². The second-order valence-corrected chi connectivity index (χ2v) is 5.85. The fourth-order valence-corrected chi connectivity index (χ4v) is 2.60. The number of fused-ring (bicyclic) bond motifs is 1. The van der Waals surface area contributed by atoms with Crippen LogP contribution in [-0.4, -0.2) is 28.3 Å². The van der Waals surface area contributed by atoms with Crippen molar-refractivity contribution in [2.24, 2.45) is 0 Å². The molecule has 0 fully saturated rings. The van der Waals surface area contributed by atoms with E-state index < -0.39 is 5.97 Å². The maximum atomic E-state index is 12.3. The summed E-state index contributed by atoms with van der Waals surface area (Å²) in [5, 5.41) is 3.97. The standard InChI is InChI=1S/C20H19N3O3.ClH/c1-4-26-20(25)17-11-21-19-16(10-5-12(2)22-19)18(17)23-15-8-6-14(7-9-15)13(3)24;/h5-11H,4H2,1-3H3,(H,21,22,23);1H. The molecule has 3 aromatic rings. The summed E-state index contributed by atoms with van der Waals surface area (Å²) in [5.41, 5.74) is 3.66. The van der Waals surface area contributed by atoms with Crippen LogP contribution in [0, 0.1) is 6.92 Å². The van der Waals surface area contributed by atoms with E-state index in [2.05, 4.69) is 15.3 Å². The number of benzene rings is 1. The molecule has 0 saturated carbocycles. The summed E-state index contributed by atoms with van der Waals surface area (Å²) < 4.78 is 5.15. The van der Waals surface area contributed by atoms with E-state index in [1.54, 1.807) is 31.2 Å². The first-order valence-corrected chi connectivity index (χ1v) is 8.31. The van der Waals surface area contributed by atoms with E-state index in [0.717, 1.165) is 16.8 Å². The average Bonchev–Trinajstić information content (AvgIpc) is 2.62. The van der Waals surface area contributed by atoms with Crippen LogP contribution in [0.4, 0.5) is 11.4 Å². The SMILES string of the molecule is CCOC(=O)c1cnc2nc(C)ccc2c1Nc1ccc(C(C)=O)cc1.Cl. The van der Waals surface area contributed by atoms with Crippen LogP contribution in [-0.2, 0) is 4.74 Å². The number of esters is 1. The van der Waals surface area contributed by atoms with E-state index in [4.69, 9.17) is 4.74 Å². The predicted octanol–water partition coefficient (Wildman–Crippen LogP) is 4.48. The van der Waals surface area contributed by atoms with Crippen LogP contribution in [0.2, 0.25) is 0 Å². The Bertz CT molecular complexity index is 988. The van der Waals surface area contributed by atoms with Gasteiger partial charge >= 0.3 is 5.97 Å². The Hall–Kier alpha value is -2.99. The lowest BCUT2D eigenvalue weighted by Crippen LogP contribution is -2.09. The van der Waals surface area contributed by atoms with E-state index in [1.165, 1.54) is 13.1 Å². The number of carbonyl (C=O) groups is 2. The smallest absolute Gasteiger partial charge is 0.341 e. The first kappa shape index (κ1) is 20.3. The number of aromatic nitrogens is 2. The van der Waals surface area contributed by atoms with Crippen LogP contribution in [0.25, 0.3) is 11.0 Å². The van der Waals surface area contributed by atoms with Crippen molar-refractivity contribution < 1.29 is 14.3 Å². The van der Waals surface area contributed by atoms with Gasteiger partial charge in [0.2, 0.25) is 0 Å². The van der Waals surface area contributed by atoms with Crippen LogP contribution < -0.4 is 5.32 Å². The molecule has 0 saturated heterocycles. The first-order chi connectivity index (χ1) is 12.5.